The number of rotatable bonds is 4. The number of ether oxygens (including phenoxy) is 2. The summed E-state index contributed by atoms with van der Waals surface area (Å²) in [7, 11) is 1.31. The number of hydrogen-bond acceptors (Lipinski definition) is 4. The van der Waals surface area contributed by atoms with E-state index in [1.54, 1.807) is 31.2 Å². The summed E-state index contributed by atoms with van der Waals surface area (Å²) >= 11 is 5.81. The van der Waals surface area contributed by atoms with E-state index >= 15 is 0 Å². The molecule has 0 aliphatic rings. The van der Waals surface area contributed by atoms with Crippen LogP contribution in [0.25, 0.3) is 0 Å². The summed E-state index contributed by atoms with van der Waals surface area (Å²) in [6.07, 6.45) is 1.58. The van der Waals surface area contributed by atoms with Crippen molar-refractivity contribution in [1.82, 2.24) is 0 Å². The van der Waals surface area contributed by atoms with E-state index in [1.165, 1.54) is 7.11 Å². The van der Waals surface area contributed by atoms with E-state index in [0.29, 0.717) is 21.9 Å². The molecule has 4 nitrogen and oxygen atoms in total. The van der Waals surface area contributed by atoms with Gasteiger partial charge in [-0.05, 0) is 25.1 Å². The van der Waals surface area contributed by atoms with Gasteiger partial charge in [0.2, 0.25) is 0 Å². The van der Waals surface area contributed by atoms with Crippen LogP contribution in [0.4, 0.5) is 0 Å². The molecule has 0 unspecified atom stereocenters. The fraction of sp³-hybridized carbons (Fsp3) is 0.231. The van der Waals surface area contributed by atoms with Gasteiger partial charge >= 0.3 is 5.97 Å². The summed E-state index contributed by atoms with van der Waals surface area (Å²) in [5.74, 6) is -0.0240. The predicted octanol–water partition coefficient (Wildman–Crippen LogP) is 2.71. The third kappa shape index (κ3) is 3.79. The highest BCUT2D eigenvalue weighted by Crippen LogP contribution is 2.22. The molecule has 0 N–H and O–H groups in total. The molecular formula is C13H12ClNO3. The lowest BCUT2D eigenvalue weighted by Gasteiger charge is -2.06. The van der Waals surface area contributed by atoms with Crippen LogP contribution in [-0.2, 0) is 9.53 Å². The second-order valence-electron chi connectivity index (χ2n) is 3.44. The van der Waals surface area contributed by atoms with Crippen molar-refractivity contribution in [2.45, 2.75) is 6.92 Å². The van der Waals surface area contributed by atoms with Gasteiger partial charge in [-0.3, -0.25) is 0 Å². The Hall–Kier alpha value is -1.99. The molecule has 0 saturated heterocycles. The van der Waals surface area contributed by atoms with Crippen molar-refractivity contribution in [3.63, 3.8) is 0 Å². The van der Waals surface area contributed by atoms with Gasteiger partial charge in [-0.25, -0.2) is 4.79 Å². The van der Waals surface area contributed by atoms with E-state index in [2.05, 4.69) is 4.74 Å². The molecule has 0 saturated carbocycles. The highest BCUT2D eigenvalue weighted by atomic mass is 35.5. The molecule has 0 aromatic heterocycles. The molecule has 0 atom stereocenters. The summed E-state index contributed by atoms with van der Waals surface area (Å²) in [4.78, 5) is 11.1. The second-order valence-corrected chi connectivity index (χ2v) is 3.88. The summed E-state index contributed by atoms with van der Waals surface area (Å²) in [5.41, 5.74) is 0.835. The molecule has 0 radical (unpaired) electrons. The monoisotopic (exact) mass is 265 g/mol. The quantitative estimate of drug-likeness (QED) is 0.620. The smallest absolute Gasteiger partial charge is 0.333 e. The molecule has 0 amide bonds. The molecule has 5 heteroatoms. The number of halogens is 1. The molecule has 0 bridgehead atoms. The summed E-state index contributed by atoms with van der Waals surface area (Å²) < 4.78 is 9.93. The number of esters is 1. The van der Waals surface area contributed by atoms with Crippen LogP contribution < -0.4 is 4.74 Å². The minimum Gasteiger partial charge on any atom is -0.488 e. The van der Waals surface area contributed by atoms with E-state index in [9.17, 15) is 4.79 Å². The second kappa shape index (κ2) is 6.67. The van der Waals surface area contributed by atoms with E-state index < -0.39 is 5.97 Å². The lowest BCUT2D eigenvalue weighted by Crippen LogP contribution is -2.04. The Balaban J connectivity index is 2.73. The zero-order valence-electron chi connectivity index (χ0n) is 10.1. The van der Waals surface area contributed by atoms with Crippen molar-refractivity contribution < 1.29 is 14.3 Å². The van der Waals surface area contributed by atoms with Crippen LogP contribution >= 0.6 is 11.6 Å². The summed E-state index contributed by atoms with van der Waals surface area (Å²) in [6.45, 7) is 1.79. The van der Waals surface area contributed by atoms with Gasteiger partial charge in [-0.15, -0.1) is 0 Å². The van der Waals surface area contributed by atoms with Gasteiger partial charge in [-0.2, -0.15) is 5.26 Å². The van der Waals surface area contributed by atoms with Gasteiger partial charge in [0.25, 0.3) is 0 Å². The third-order valence-corrected chi connectivity index (χ3v) is 2.43. The number of carbonyl (C=O) groups is 1. The highest BCUT2D eigenvalue weighted by molar-refractivity contribution is 6.30. The van der Waals surface area contributed by atoms with E-state index in [1.807, 2.05) is 6.07 Å². The average molecular weight is 266 g/mol. The Morgan fingerprint density at radius 2 is 2.28 bits per heavy atom. The van der Waals surface area contributed by atoms with E-state index in [0.717, 1.165) is 0 Å². The van der Waals surface area contributed by atoms with E-state index in [4.69, 9.17) is 21.6 Å². The van der Waals surface area contributed by atoms with Crippen LogP contribution in [0.3, 0.4) is 0 Å². The number of nitriles is 1. The van der Waals surface area contributed by atoms with Gasteiger partial charge in [0.05, 0.1) is 12.7 Å². The Labute approximate surface area is 110 Å². The maximum absolute atomic E-state index is 11.1. The van der Waals surface area contributed by atoms with Gasteiger partial charge in [0, 0.05) is 16.7 Å². The van der Waals surface area contributed by atoms with Crippen molar-refractivity contribution in [1.29, 1.82) is 5.26 Å². The third-order valence-electron chi connectivity index (χ3n) is 2.20. The van der Waals surface area contributed by atoms with Crippen LogP contribution in [0.2, 0.25) is 5.02 Å². The maximum atomic E-state index is 11.1. The van der Waals surface area contributed by atoms with Crippen molar-refractivity contribution in [2.75, 3.05) is 13.7 Å². The Morgan fingerprint density at radius 3 is 2.89 bits per heavy atom. The number of nitrogens with zero attached hydrogens (tertiary/aromatic N) is 1. The molecule has 0 aliphatic carbocycles. The average Bonchev–Trinajstić information content (AvgIpc) is 2.38. The first-order valence-electron chi connectivity index (χ1n) is 5.16. The zero-order valence-corrected chi connectivity index (χ0v) is 10.8. The predicted molar refractivity (Wildman–Crippen MR) is 67.4 cm³/mol. The van der Waals surface area contributed by atoms with Gasteiger partial charge in [-0.1, -0.05) is 11.6 Å². The fourth-order valence-corrected chi connectivity index (χ4v) is 1.37. The Morgan fingerprint density at radius 1 is 1.56 bits per heavy atom. The lowest BCUT2D eigenvalue weighted by molar-refractivity contribution is -0.136. The molecule has 0 spiro atoms. The summed E-state index contributed by atoms with van der Waals surface area (Å²) in [6, 6.07) is 6.75. The van der Waals surface area contributed by atoms with Crippen molar-refractivity contribution >= 4 is 17.6 Å². The fourth-order valence-electron chi connectivity index (χ4n) is 1.21. The van der Waals surface area contributed by atoms with Crippen molar-refractivity contribution in [3.8, 4) is 11.8 Å². The molecular weight excluding hydrogens is 254 g/mol. The van der Waals surface area contributed by atoms with Gasteiger partial charge in [0.15, 0.2) is 0 Å². The molecule has 0 heterocycles. The maximum Gasteiger partial charge on any atom is 0.333 e. The minimum absolute atomic E-state index is 0.163. The van der Waals surface area contributed by atoms with Crippen LogP contribution in [0.5, 0.6) is 5.75 Å². The molecule has 94 valence electrons. The van der Waals surface area contributed by atoms with Gasteiger partial charge < -0.3 is 9.47 Å². The standard InChI is InChI=1S/C13H12ClNO3/c1-9(13(16)17-2)5-6-18-12-7-11(14)4-3-10(12)8-15/h3-5,7H,6H2,1-2H3/b9-5+. The SMILES string of the molecule is COC(=O)/C(C)=C/COc1cc(Cl)ccc1C#N. The number of hydrogen-bond donors (Lipinski definition) is 0. The molecule has 1 aromatic rings. The van der Waals surface area contributed by atoms with Crippen LogP contribution in [0.1, 0.15) is 12.5 Å². The first-order chi connectivity index (χ1) is 8.58. The van der Waals surface area contributed by atoms with Gasteiger partial charge in [0.1, 0.15) is 18.4 Å². The summed E-state index contributed by atoms with van der Waals surface area (Å²) in [5, 5.41) is 9.37. The van der Waals surface area contributed by atoms with Crippen LogP contribution in [0, 0.1) is 11.3 Å². The lowest BCUT2D eigenvalue weighted by atomic mass is 10.2. The zero-order chi connectivity index (χ0) is 13.5. The number of benzene rings is 1. The highest BCUT2D eigenvalue weighted by Gasteiger charge is 2.05. The molecule has 0 aliphatic heterocycles. The normalized spacial score (nSPS) is 10.7. The number of methoxy groups -OCH3 is 1. The van der Waals surface area contributed by atoms with Crippen molar-refractivity contribution in [3.05, 3.63) is 40.4 Å². The molecule has 1 aromatic carbocycles. The molecule has 0 fully saturated rings. The van der Waals surface area contributed by atoms with Crippen LogP contribution in [-0.4, -0.2) is 19.7 Å². The molecule has 1 rings (SSSR count). The topological polar surface area (TPSA) is 59.3 Å². The Kier molecular flexibility index (Phi) is 5.22. The Bertz CT molecular complexity index is 517. The first-order valence-corrected chi connectivity index (χ1v) is 5.53. The number of carbonyl (C=O) groups excluding carboxylic acids is 1. The van der Waals surface area contributed by atoms with Crippen LogP contribution in [0.15, 0.2) is 29.8 Å². The molecule has 18 heavy (non-hydrogen) atoms. The largest absolute Gasteiger partial charge is 0.488 e. The first kappa shape index (κ1) is 14.1. The van der Waals surface area contributed by atoms with E-state index in [-0.39, 0.29) is 6.61 Å². The minimum atomic E-state index is -0.412. The van der Waals surface area contributed by atoms with Crippen molar-refractivity contribution in [2.24, 2.45) is 0 Å².